The molecule has 2 aromatic rings. The summed E-state index contributed by atoms with van der Waals surface area (Å²) in [5, 5.41) is 6.78. The number of guanidine groups is 1. The van der Waals surface area contributed by atoms with E-state index < -0.39 is 0 Å². The topological polar surface area (TPSA) is 68.7 Å². The van der Waals surface area contributed by atoms with Crippen molar-refractivity contribution in [3.63, 3.8) is 0 Å². The van der Waals surface area contributed by atoms with Crippen molar-refractivity contribution in [1.82, 2.24) is 20.2 Å². The van der Waals surface area contributed by atoms with Gasteiger partial charge in [0.05, 0.1) is 0 Å². The van der Waals surface area contributed by atoms with E-state index in [1.54, 1.807) is 0 Å². The molecule has 0 bridgehead atoms. The molecule has 3 rings (SSSR count). The van der Waals surface area contributed by atoms with Crippen LogP contribution in [0.1, 0.15) is 19.8 Å². The first-order chi connectivity index (χ1) is 13.9. The molecule has 1 aliphatic heterocycles. The first-order valence-electron chi connectivity index (χ1n) is 10.2. The highest BCUT2D eigenvalue weighted by molar-refractivity contribution is 5.80. The van der Waals surface area contributed by atoms with Crippen molar-refractivity contribution in [2.75, 3.05) is 56.0 Å². The minimum atomic E-state index is 0.840. The Kier molecular flexibility index (Phi) is 7.91. The number of rotatable bonds is 8. The summed E-state index contributed by atoms with van der Waals surface area (Å²) < 4.78 is 0. The predicted molar refractivity (Wildman–Crippen MR) is 116 cm³/mol. The van der Waals surface area contributed by atoms with E-state index >= 15 is 0 Å². The van der Waals surface area contributed by atoms with E-state index in [1.165, 1.54) is 0 Å². The zero-order valence-corrected chi connectivity index (χ0v) is 16.7. The van der Waals surface area contributed by atoms with Gasteiger partial charge in [-0.1, -0.05) is 12.1 Å². The third-order valence-corrected chi connectivity index (χ3v) is 4.70. The first-order valence-corrected chi connectivity index (χ1v) is 10.2. The monoisotopic (exact) mass is 381 g/mol. The van der Waals surface area contributed by atoms with Crippen LogP contribution in [0.5, 0.6) is 0 Å². The normalized spacial score (nSPS) is 14.8. The molecule has 0 atom stereocenters. The van der Waals surface area contributed by atoms with Crippen molar-refractivity contribution in [3.8, 4) is 0 Å². The van der Waals surface area contributed by atoms with Crippen LogP contribution in [0.3, 0.4) is 0 Å². The number of hydrogen-bond donors (Lipinski definition) is 2. The van der Waals surface area contributed by atoms with Gasteiger partial charge < -0.3 is 20.4 Å². The van der Waals surface area contributed by atoms with Gasteiger partial charge in [-0.3, -0.25) is 4.99 Å². The van der Waals surface area contributed by atoms with Crippen LogP contribution in [0.2, 0.25) is 0 Å². The van der Waals surface area contributed by atoms with Crippen molar-refractivity contribution < 1.29 is 0 Å². The van der Waals surface area contributed by atoms with Gasteiger partial charge in [-0.25, -0.2) is 9.97 Å². The molecular formula is C21H31N7. The number of anilines is 2. The van der Waals surface area contributed by atoms with E-state index in [0.717, 1.165) is 76.3 Å². The lowest BCUT2D eigenvalue weighted by atomic mass is 10.3. The average molecular weight is 382 g/mol. The van der Waals surface area contributed by atoms with Crippen LogP contribution in [-0.4, -0.2) is 66.6 Å². The fourth-order valence-corrected chi connectivity index (χ4v) is 3.22. The standard InChI is InChI=1S/C21H31N7/c1-2-22-21(26-14-8-7-12-24-19-9-3-5-11-23-19)28-17-15-27(16-18-28)20-10-4-6-13-25-20/h3-6,9-11,13H,2,7-8,12,14-18H2,1H3,(H,22,26)(H,23,24). The molecule has 150 valence electrons. The fourth-order valence-electron chi connectivity index (χ4n) is 3.22. The molecule has 3 heterocycles. The highest BCUT2D eigenvalue weighted by Gasteiger charge is 2.20. The quantitative estimate of drug-likeness (QED) is 0.416. The molecule has 0 aromatic carbocycles. The third-order valence-electron chi connectivity index (χ3n) is 4.70. The number of hydrogen-bond acceptors (Lipinski definition) is 5. The molecule has 0 radical (unpaired) electrons. The van der Waals surface area contributed by atoms with Crippen molar-refractivity contribution >= 4 is 17.6 Å². The van der Waals surface area contributed by atoms with Crippen molar-refractivity contribution in [1.29, 1.82) is 0 Å². The van der Waals surface area contributed by atoms with Gasteiger partial charge in [0, 0.05) is 58.2 Å². The van der Waals surface area contributed by atoms with E-state index in [2.05, 4.69) is 43.4 Å². The second-order valence-electron chi connectivity index (χ2n) is 6.75. The van der Waals surface area contributed by atoms with E-state index in [-0.39, 0.29) is 0 Å². The Balaban J connectivity index is 1.40. The molecule has 2 aromatic heterocycles. The second-order valence-corrected chi connectivity index (χ2v) is 6.75. The SMILES string of the molecule is CCNC(=NCCCCNc1ccccn1)N1CCN(c2ccccn2)CC1. The highest BCUT2D eigenvalue weighted by Crippen LogP contribution is 2.12. The molecule has 0 saturated carbocycles. The molecule has 1 saturated heterocycles. The summed E-state index contributed by atoms with van der Waals surface area (Å²) in [7, 11) is 0. The number of unbranched alkanes of at least 4 members (excludes halogenated alkanes) is 1. The number of piperazine rings is 1. The number of pyridine rings is 2. The van der Waals surface area contributed by atoms with Crippen molar-refractivity contribution in [3.05, 3.63) is 48.8 Å². The molecule has 0 amide bonds. The van der Waals surface area contributed by atoms with Gasteiger partial charge in [-0.15, -0.1) is 0 Å². The summed E-state index contributed by atoms with van der Waals surface area (Å²) in [6, 6.07) is 12.0. The van der Waals surface area contributed by atoms with Crippen LogP contribution >= 0.6 is 0 Å². The largest absolute Gasteiger partial charge is 0.370 e. The Morgan fingerprint density at radius 1 is 1.00 bits per heavy atom. The Morgan fingerprint density at radius 2 is 1.79 bits per heavy atom. The molecule has 7 heteroatoms. The number of nitrogens with one attached hydrogen (secondary N) is 2. The highest BCUT2D eigenvalue weighted by atomic mass is 15.4. The second kappa shape index (κ2) is 11.1. The van der Waals surface area contributed by atoms with Crippen molar-refractivity contribution in [2.24, 2.45) is 4.99 Å². The average Bonchev–Trinajstić information content (AvgIpc) is 2.77. The van der Waals surface area contributed by atoms with Crippen LogP contribution in [0.4, 0.5) is 11.6 Å². The van der Waals surface area contributed by atoms with E-state index in [1.807, 2.05) is 42.7 Å². The lowest BCUT2D eigenvalue weighted by molar-refractivity contribution is 0.371. The van der Waals surface area contributed by atoms with Crippen LogP contribution in [0.25, 0.3) is 0 Å². The number of aromatic nitrogens is 2. The molecule has 7 nitrogen and oxygen atoms in total. The minimum absolute atomic E-state index is 0.840. The molecule has 1 aliphatic rings. The molecule has 0 unspecified atom stereocenters. The Hall–Kier alpha value is -2.83. The molecule has 0 aliphatic carbocycles. The maximum Gasteiger partial charge on any atom is 0.194 e. The summed E-state index contributed by atoms with van der Waals surface area (Å²) in [6.45, 7) is 8.63. The molecular weight excluding hydrogens is 350 g/mol. The van der Waals surface area contributed by atoms with Crippen LogP contribution in [-0.2, 0) is 0 Å². The minimum Gasteiger partial charge on any atom is -0.370 e. The summed E-state index contributed by atoms with van der Waals surface area (Å²) in [5.41, 5.74) is 0. The van der Waals surface area contributed by atoms with Gasteiger partial charge in [-0.2, -0.15) is 0 Å². The fraction of sp³-hybridized carbons (Fsp3) is 0.476. The molecule has 28 heavy (non-hydrogen) atoms. The zero-order valence-electron chi connectivity index (χ0n) is 16.7. The van der Waals surface area contributed by atoms with E-state index in [9.17, 15) is 0 Å². The van der Waals surface area contributed by atoms with Gasteiger partial charge in [0.15, 0.2) is 5.96 Å². The van der Waals surface area contributed by atoms with Gasteiger partial charge in [0.1, 0.15) is 11.6 Å². The summed E-state index contributed by atoms with van der Waals surface area (Å²) in [5.74, 6) is 3.02. The number of nitrogens with zero attached hydrogens (tertiary/aromatic N) is 5. The van der Waals surface area contributed by atoms with E-state index in [4.69, 9.17) is 4.99 Å². The lowest BCUT2D eigenvalue weighted by Crippen LogP contribution is -2.52. The predicted octanol–water partition coefficient (Wildman–Crippen LogP) is 2.46. The first kappa shape index (κ1) is 19.9. The van der Waals surface area contributed by atoms with Crippen LogP contribution in [0.15, 0.2) is 53.8 Å². The number of aliphatic imine (C=N–C) groups is 1. The van der Waals surface area contributed by atoms with Gasteiger partial charge in [0.25, 0.3) is 0 Å². The smallest absolute Gasteiger partial charge is 0.194 e. The molecule has 0 spiro atoms. The van der Waals surface area contributed by atoms with Crippen LogP contribution < -0.4 is 15.5 Å². The Labute approximate surface area is 167 Å². The summed E-state index contributed by atoms with van der Waals surface area (Å²) >= 11 is 0. The maximum atomic E-state index is 4.83. The summed E-state index contributed by atoms with van der Waals surface area (Å²) in [6.07, 6.45) is 5.80. The Morgan fingerprint density at radius 3 is 2.46 bits per heavy atom. The maximum absolute atomic E-state index is 4.83. The molecule has 2 N–H and O–H groups in total. The van der Waals surface area contributed by atoms with Gasteiger partial charge in [0.2, 0.25) is 0 Å². The van der Waals surface area contributed by atoms with E-state index in [0.29, 0.717) is 0 Å². The van der Waals surface area contributed by atoms with Crippen molar-refractivity contribution in [2.45, 2.75) is 19.8 Å². The van der Waals surface area contributed by atoms with Gasteiger partial charge >= 0.3 is 0 Å². The lowest BCUT2D eigenvalue weighted by Gasteiger charge is -2.37. The van der Waals surface area contributed by atoms with Gasteiger partial charge in [-0.05, 0) is 44.0 Å². The summed E-state index contributed by atoms with van der Waals surface area (Å²) in [4.78, 5) is 18.3. The molecule has 1 fully saturated rings. The zero-order chi connectivity index (χ0) is 19.4. The Bertz CT molecular complexity index is 697. The third kappa shape index (κ3) is 6.11. The van der Waals surface area contributed by atoms with Crippen LogP contribution in [0, 0.1) is 0 Å².